The zero-order valence-electron chi connectivity index (χ0n) is 12.5. The van der Waals surface area contributed by atoms with Gasteiger partial charge in [-0.15, -0.1) is 0 Å². The standard InChI is InChI=1S/C15H11ClN2O5S2/c16-10(7-9-1-3-11(4-2-9)18(22)23)8-12-14(21)17(15(24)25-12)6-5-13(19)20/h1-4,7-8H,5-6H2,(H,19,20)/p-1/b10-7+,12-8+. The number of non-ortho nitro benzene ring substituents is 1. The van der Waals surface area contributed by atoms with Crippen LogP contribution in [0.15, 0.2) is 40.3 Å². The van der Waals surface area contributed by atoms with Crippen molar-refractivity contribution in [2.45, 2.75) is 6.42 Å². The fourth-order valence-corrected chi connectivity index (χ4v) is 3.51. The Morgan fingerprint density at radius 1 is 1.36 bits per heavy atom. The number of carboxylic acid groups (broad SMARTS) is 1. The number of hydrogen-bond donors (Lipinski definition) is 0. The number of aliphatic carboxylic acids is 1. The predicted molar refractivity (Wildman–Crippen MR) is 96.5 cm³/mol. The molecule has 0 spiro atoms. The van der Waals surface area contributed by atoms with Crippen LogP contribution in [-0.2, 0) is 9.59 Å². The molecule has 0 N–H and O–H groups in total. The van der Waals surface area contributed by atoms with Gasteiger partial charge in [0.15, 0.2) is 0 Å². The number of nitro groups is 1. The van der Waals surface area contributed by atoms with Gasteiger partial charge in [0.05, 0.1) is 9.83 Å². The van der Waals surface area contributed by atoms with Gasteiger partial charge in [-0.3, -0.25) is 19.8 Å². The first-order chi connectivity index (χ1) is 11.8. The van der Waals surface area contributed by atoms with Gasteiger partial charge >= 0.3 is 0 Å². The third-order valence-corrected chi connectivity index (χ3v) is 4.69. The van der Waals surface area contributed by atoms with Crippen molar-refractivity contribution in [3.05, 3.63) is 56.0 Å². The zero-order chi connectivity index (χ0) is 18.6. The molecule has 1 aliphatic heterocycles. The number of halogens is 1. The lowest BCUT2D eigenvalue weighted by Gasteiger charge is -2.14. The van der Waals surface area contributed by atoms with Crippen molar-refractivity contribution in [1.82, 2.24) is 4.90 Å². The number of carboxylic acids is 1. The van der Waals surface area contributed by atoms with Crippen molar-refractivity contribution in [2.24, 2.45) is 0 Å². The van der Waals surface area contributed by atoms with Crippen LogP contribution in [0.2, 0.25) is 0 Å². The number of allylic oxidation sites excluding steroid dienone is 2. The maximum atomic E-state index is 12.2. The molecule has 0 bridgehead atoms. The van der Waals surface area contributed by atoms with E-state index in [-0.39, 0.29) is 32.9 Å². The van der Waals surface area contributed by atoms with Crippen LogP contribution in [0.5, 0.6) is 0 Å². The van der Waals surface area contributed by atoms with Crippen molar-refractivity contribution >= 4 is 63.5 Å². The fourth-order valence-electron chi connectivity index (χ4n) is 1.91. The Morgan fingerprint density at radius 3 is 2.56 bits per heavy atom. The molecule has 0 unspecified atom stereocenters. The van der Waals surface area contributed by atoms with Crippen LogP contribution < -0.4 is 5.11 Å². The number of nitrogens with zero attached hydrogens (tertiary/aromatic N) is 2. The van der Waals surface area contributed by atoms with Gasteiger partial charge < -0.3 is 9.90 Å². The van der Waals surface area contributed by atoms with Crippen LogP contribution in [0, 0.1) is 10.1 Å². The van der Waals surface area contributed by atoms with Gasteiger partial charge in [-0.05, 0) is 29.8 Å². The zero-order valence-corrected chi connectivity index (χ0v) is 14.9. The van der Waals surface area contributed by atoms with Gasteiger partial charge in [0.25, 0.3) is 11.6 Å². The Hall–Kier alpha value is -2.23. The Kier molecular flexibility index (Phi) is 6.29. The Morgan fingerprint density at radius 2 is 2.00 bits per heavy atom. The van der Waals surface area contributed by atoms with E-state index in [2.05, 4.69) is 0 Å². The smallest absolute Gasteiger partial charge is 0.269 e. The molecular formula is C15H10ClN2O5S2-. The van der Waals surface area contributed by atoms with E-state index < -0.39 is 16.8 Å². The molecular weight excluding hydrogens is 388 g/mol. The van der Waals surface area contributed by atoms with Crippen LogP contribution in [-0.4, -0.2) is 32.6 Å². The van der Waals surface area contributed by atoms with Gasteiger partial charge in [-0.25, -0.2) is 0 Å². The van der Waals surface area contributed by atoms with E-state index in [0.29, 0.717) is 5.56 Å². The molecule has 7 nitrogen and oxygen atoms in total. The SMILES string of the molecule is O=C([O-])CCN1C(=O)/C(=C\C(Cl)=C/c2ccc([N+](=O)[O-])cc2)SC1=S. The van der Waals surface area contributed by atoms with Crippen molar-refractivity contribution in [3.8, 4) is 0 Å². The summed E-state index contributed by atoms with van der Waals surface area (Å²) in [6, 6.07) is 5.74. The van der Waals surface area contributed by atoms with E-state index in [4.69, 9.17) is 23.8 Å². The van der Waals surface area contributed by atoms with Crippen molar-refractivity contribution < 1.29 is 19.6 Å². The third-order valence-electron chi connectivity index (χ3n) is 3.09. The van der Waals surface area contributed by atoms with Crippen LogP contribution >= 0.6 is 35.6 Å². The summed E-state index contributed by atoms with van der Waals surface area (Å²) in [7, 11) is 0. The molecule has 130 valence electrons. The fraction of sp³-hybridized carbons (Fsp3) is 0.133. The molecule has 0 atom stereocenters. The van der Waals surface area contributed by atoms with Gasteiger partial charge in [-0.2, -0.15) is 0 Å². The molecule has 10 heteroatoms. The first kappa shape index (κ1) is 19.1. The molecule has 0 radical (unpaired) electrons. The number of carbonyl (C=O) groups is 2. The number of carbonyl (C=O) groups excluding carboxylic acids is 2. The molecule has 1 aliphatic rings. The number of hydrogen-bond acceptors (Lipinski definition) is 7. The molecule has 1 aromatic rings. The number of thioether (sulfide) groups is 1. The minimum Gasteiger partial charge on any atom is -0.550 e. The van der Waals surface area contributed by atoms with Crippen molar-refractivity contribution in [1.29, 1.82) is 0 Å². The normalized spacial score (nSPS) is 16.6. The number of rotatable bonds is 6. The summed E-state index contributed by atoms with van der Waals surface area (Å²) in [6.07, 6.45) is 2.65. The topological polar surface area (TPSA) is 104 Å². The molecule has 0 aromatic heterocycles. The maximum Gasteiger partial charge on any atom is 0.269 e. The summed E-state index contributed by atoms with van der Waals surface area (Å²) in [6.45, 7) is -0.0615. The number of benzene rings is 1. The highest BCUT2D eigenvalue weighted by molar-refractivity contribution is 8.26. The lowest BCUT2D eigenvalue weighted by atomic mass is 10.2. The van der Waals surface area contributed by atoms with Crippen molar-refractivity contribution in [3.63, 3.8) is 0 Å². The average molecular weight is 398 g/mol. The van der Waals surface area contributed by atoms with Crippen LogP contribution in [0.1, 0.15) is 12.0 Å². The lowest BCUT2D eigenvalue weighted by molar-refractivity contribution is -0.384. The first-order valence-corrected chi connectivity index (χ1v) is 8.45. The van der Waals surface area contributed by atoms with Gasteiger partial charge in [0, 0.05) is 36.1 Å². The monoisotopic (exact) mass is 397 g/mol. The molecule has 1 heterocycles. The highest BCUT2D eigenvalue weighted by Crippen LogP contribution is 2.32. The van der Waals surface area contributed by atoms with E-state index in [1.54, 1.807) is 6.08 Å². The molecule has 1 saturated heterocycles. The van der Waals surface area contributed by atoms with Crippen LogP contribution in [0.25, 0.3) is 6.08 Å². The van der Waals surface area contributed by atoms with Crippen molar-refractivity contribution in [2.75, 3.05) is 6.54 Å². The molecule has 0 aliphatic carbocycles. The van der Waals surface area contributed by atoms with Crippen LogP contribution in [0.3, 0.4) is 0 Å². The molecule has 25 heavy (non-hydrogen) atoms. The average Bonchev–Trinajstić information content (AvgIpc) is 2.79. The van der Waals surface area contributed by atoms with Gasteiger partial charge in [0.2, 0.25) is 0 Å². The Bertz CT molecular complexity index is 805. The summed E-state index contributed by atoms with van der Waals surface area (Å²) in [5, 5.41) is 21.4. The summed E-state index contributed by atoms with van der Waals surface area (Å²) in [5.41, 5.74) is 0.585. The van der Waals surface area contributed by atoms with Crippen LogP contribution in [0.4, 0.5) is 5.69 Å². The number of thiocarbonyl (C=S) groups is 1. The summed E-state index contributed by atoms with van der Waals surface area (Å²) < 4.78 is 0.248. The summed E-state index contributed by atoms with van der Waals surface area (Å²) in [4.78, 5) is 34.3. The lowest BCUT2D eigenvalue weighted by Crippen LogP contribution is -2.33. The van der Waals surface area contributed by atoms with E-state index in [1.807, 2.05) is 0 Å². The molecule has 1 amide bonds. The van der Waals surface area contributed by atoms with E-state index in [1.165, 1.54) is 35.2 Å². The quantitative estimate of drug-likeness (QED) is 0.313. The van der Waals surface area contributed by atoms with E-state index in [9.17, 15) is 24.8 Å². The highest BCUT2D eigenvalue weighted by Gasteiger charge is 2.31. The second-order valence-corrected chi connectivity index (χ2v) is 6.95. The molecule has 1 fully saturated rings. The maximum absolute atomic E-state index is 12.2. The number of nitro benzene ring substituents is 1. The van der Waals surface area contributed by atoms with Gasteiger partial charge in [-0.1, -0.05) is 35.6 Å². The minimum atomic E-state index is -1.27. The minimum absolute atomic E-state index is 0.0398. The van der Waals surface area contributed by atoms with E-state index in [0.717, 1.165) is 11.8 Å². The summed E-state index contributed by atoms with van der Waals surface area (Å²) >= 11 is 12.2. The molecule has 1 aromatic carbocycles. The predicted octanol–water partition coefficient (Wildman–Crippen LogP) is 2.06. The van der Waals surface area contributed by atoms with E-state index >= 15 is 0 Å². The third kappa shape index (κ3) is 5.12. The highest BCUT2D eigenvalue weighted by atomic mass is 35.5. The second-order valence-electron chi connectivity index (χ2n) is 4.83. The van der Waals surface area contributed by atoms with Gasteiger partial charge in [0.1, 0.15) is 4.32 Å². The first-order valence-electron chi connectivity index (χ1n) is 6.85. The molecule has 0 saturated carbocycles. The second kappa shape index (κ2) is 8.24. The largest absolute Gasteiger partial charge is 0.550 e. The Labute approximate surface area is 157 Å². The number of amides is 1. The summed E-state index contributed by atoms with van der Waals surface area (Å²) in [5.74, 6) is -1.69. The molecule has 2 rings (SSSR count). The Balaban J connectivity index is 2.13.